The van der Waals surface area contributed by atoms with E-state index >= 15 is 0 Å². The van der Waals surface area contributed by atoms with Crippen molar-refractivity contribution in [3.63, 3.8) is 0 Å². The Morgan fingerprint density at radius 2 is 2.00 bits per heavy atom. The molecule has 0 aromatic heterocycles. The number of nitrogens with zero attached hydrogens (tertiary/aromatic N) is 2. The summed E-state index contributed by atoms with van der Waals surface area (Å²) in [6.07, 6.45) is 2.95. The van der Waals surface area contributed by atoms with Crippen molar-refractivity contribution in [2.45, 2.75) is 45.2 Å². The smallest absolute Gasteiger partial charge is 0.214 e. The fourth-order valence-electron chi connectivity index (χ4n) is 4.03. The number of fused-ring (bicyclic) bond motifs is 3. The van der Waals surface area contributed by atoms with E-state index in [4.69, 9.17) is 0 Å². The molecule has 0 aliphatic carbocycles. The maximum Gasteiger partial charge on any atom is 0.214 e. The van der Waals surface area contributed by atoms with Gasteiger partial charge in [-0.25, -0.2) is 12.7 Å². The summed E-state index contributed by atoms with van der Waals surface area (Å²) in [6.45, 7) is 6.01. The molecule has 5 heteroatoms. The molecule has 0 unspecified atom stereocenters. The van der Waals surface area contributed by atoms with E-state index in [-0.39, 0.29) is 17.7 Å². The molecule has 2 atom stereocenters. The van der Waals surface area contributed by atoms with Crippen molar-refractivity contribution >= 4 is 10.0 Å². The molecule has 0 radical (unpaired) electrons. The standard InChI is InChI=1S/C18H28N2O2S/c1-14(2)13-23(21,22)19(3)16-9-11-20-10-8-15-6-4-5-7-17(15)18(20)12-16/h4-7,14,16,18H,8-13H2,1-3H3/t16-,18+/m0/s1. The molecule has 128 valence electrons. The van der Waals surface area contributed by atoms with Crippen molar-refractivity contribution in [3.05, 3.63) is 35.4 Å². The first kappa shape index (κ1) is 16.9. The summed E-state index contributed by atoms with van der Waals surface area (Å²) in [6, 6.07) is 9.13. The second-order valence-electron chi connectivity index (χ2n) is 7.37. The highest BCUT2D eigenvalue weighted by Crippen LogP contribution is 2.38. The van der Waals surface area contributed by atoms with Crippen LogP contribution in [-0.2, 0) is 16.4 Å². The quantitative estimate of drug-likeness (QED) is 0.849. The van der Waals surface area contributed by atoms with Crippen LogP contribution in [0.15, 0.2) is 24.3 Å². The number of hydrogen-bond donors (Lipinski definition) is 0. The lowest BCUT2D eigenvalue weighted by Crippen LogP contribution is -2.49. The van der Waals surface area contributed by atoms with Gasteiger partial charge in [-0.3, -0.25) is 4.90 Å². The number of hydrogen-bond acceptors (Lipinski definition) is 3. The molecule has 2 heterocycles. The minimum atomic E-state index is -3.16. The van der Waals surface area contributed by atoms with E-state index in [1.165, 1.54) is 11.1 Å². The second kappa shape index (κ2) is 6.54. The maximum absolute atomic E-state index is 12.6. The first-order valence-corrected chi connectivity index (χ1v) is 10.3. The Labute approximate surface area is 140 Å². The summed E-state index contributed by atoms with van der Waals surface area (Å²) in [4.78, 5) is 2.53. The zero-order valence-corrected chi connectivity index (χ0v) is 15.2. The molecule has 0 bridgehead atoms. The number of sulfonamides is 1. The van der Waals surface area contributed by atoms with Gasteiger partial charge in [0.05, 0.1) is 5.75 Å². The van der Waals surface area contributed by atoms with E-state index in [2.05, 4.69) is 29.2 Å². The summed E-state index contributed by atoms with van der Waals surface area (Å²) in [5, 5.41) is 0. The molecule has 23 heavy (non-hydrogen) atoms. The number of rotatable bonds is 4. The molecule has 4 nitrogen and oxygen atoms in total. The summed E-state index contributed by atoms with van der Waals surface area (Å²) < 4.78 is 26.8. The lowest BCUT2D eigenvalue weighted by molar-refractivity contribution is 0.0969. The van der Waals surface area contributed by atoms with Crippen LogP contribution in [-0.4, -0.2) is 49.6 Å². The van der Waals surface area contributed by atoms with Gasteiger partial charge < -0.3 is 0 Å². The minimum Gasteiger partial charge on any atom is -0.296 e. The van der Waals surface area contributed by atoms with Crippen LogP contribution in [0.4, 0.5) is 0 Å². The van der Waals surface area contributed by atoms with Gasteiger partial charge in [-0.15, -0.1) is 0 Å². The molecule has 0 spiro atoms. The van der Waals surface area contributed by atoms with Crippen molar-refractivity contribution < 1.29 is 8.42 Å². The maximum atomic E-state index is 12.6. The first-order valence-electron chi connectivity index (χ1n) is 8.66. The van der Waals surface area contributed by atoms with Gasteiger partial charge in [-0.1, -0.05) is 38.1 Å². The van der Waals surface area contributed by atoms with Gasteiger partial charge in [0.15, 0.2) is 0 Å². The topological polar surface area (TPSA) is 40.6 Å². The van der Waals surface area contributed by atoms with E-state index in [1.807, 2.05) is 13.8 Å². The SMILES string of the molecule is CC(C)CS(=O)(=O)N(C)[C@H]1CCN2CCc3ccccc3[C@H]2C1. The predicted octanol–water partition coefficient (Wildman–Crippen LogP) is 2.67. The van der Waals surface area contributed by atoms with Crippen molar-refractivity contribution in [1.29, 1.82) is 0 Å². The highest BCUT2D eigenvalue weighted by atomic mass is 32.2. The minimum absolute atomic E-state index is 0.117. The van der Waals surface area contributed by atoms with E-state index in [0.717, 1.165) is 32.4 Å². The molecule has 2 aliphatic heterocycles. The molecule has 3 rings (SSSR count). The van der Waals surface area contributed by atoms with E-state index < -0.39 is 10.0 Å². The Hall–Kier alpha value is -0.910. The predicted molar refractivity (Wildman–Crippen MR) is 93.9 cm³/mol. The van der Waals surface area contributed by atoms with Gasteiger partial charge in [-0.05, 0) is 36.3 Å². The Bertz CT molecular complexity index is 657. The zero-order chi connectivity index (χ0) is 16.6. The van der Waals surface area contributed by atoms with Crippen LogP contribution in [0.2, 0.25) is 0 Å². The zero-order valence-electron chi connectivity index (χ0n) is 14.4. The normalized spacial score (nSPS) is 25.4. The average Bonchev–Trinajstić information content (AvgIpc) is 2.52. The van der Waals surface area contributed by atoms with E-state index in [0.29, 0.717) is 6.04 Å². The van der Waals surface area contributed by atoms with Crippen LogP contribution in [0.25, 0.3) is 0 Å². The van der Waals surface area contributed by atoms with Gasteiger partial charge >= 0.3 is 0 Å². The number of benzene rings is 1. The Kier molecular flexibility index (Phi) is 4.81. The van der Waals surface area contributed by atoms with Gasteiger partial charge in [0, 0.05) is 32.2 Å². The van der Waals surface area contributed by atoms with Crippen molar-refractivity contribution in [1.82, 2.24) is 9.21 Å². The van der Waals surface area contributed by atoms with E-state index in [1.54, 1.807) is 11.4 Å². The van der Waals surface area contributed by atoms with E-state index in [9.17, 15) is 8.42 Å². The second-order valence-corrected chi connectivity index (χ2v) is 9.44. The van der Waals surface area contributed by atoms with Gasteiger partial charge in [0.25, 0.3) is 0 Å². The van der Waals surface area contributed by atoms with Crippen LogP contribution in [0.5, 0.6) is 0 Å². The fraction of sp³-hybridized carbons (Fsp3) is 0.667. The highest BCUT2D eigenvalue weighted by Gasteiger charge is 2.37. The van der Waals surface area contributed by atoms with Gasteiger partial charge in [0.2, 0.25) is 10.0 Å². The summed E-state index contributed by atoms with van der Waals surface area (Å²) in [7, 11) is -1.39. The summed E-state index contributed by atoms with van der Waals surface area (Å²) >= 11 is 0. The van der Waals surface area contributed by atoms with Crippen LogP contribution < -0.4 is 0 Å². The summed E-state index contributed by atoms with van der Waals surface area (Å²) in [5.74, 6) is 0.406. The largest absolute Gasteiger partial charge is 0.296 e. The molecule has 0 N–H and O–H groups in total. The third kappa shape index (κ3) is 3.47. The first-order chi connectivity index (χ1) is 10.9. The molecule has 2 aliphatic rings. The molecule has 0 amide bonds. The molecular formula is C18H28N2O2S. The van der Waals surface area contributed by atoms with Crippen LogP contribution in [0, 0.1) is 5.92 Å². The van der Waals surface area contributed by atoms with Crippen LogP contribution in [0.3, 0.4) is 0 Å². The van der Waals surface area contributed by atoms with Crippen molar-refractivity contribution in [2.75, 3.05) is 25.9 Å². The molecular weight excluding hydrogens is 308 g/mol. The van der Waals surface area contributed by atoms with Crippen LogP contribution >= 0.6 is 0 Å². The Balaban J connectivity index is 1.79. The van der Waals surface area contributed by atoms with Gasteiger partial charge in [-0.2, -0.15) is 0 Å². The van der Waals surface area contributed by atoms with Gasteiger partial charge in [0.1, 0.15) is 0 Å². The Morgan fingerprint density at radius 3 is 2.74 bits per heavy atom. The molecule has 1 aromatic carbocycles. The van der Waals surface area contributed by atoms with Crippen molar-refractivity contribution in [2.24, 2.45) is 5.92 Å². The average molecular weight is 337 g/mol. The molecule has 0 saturated carbocycles. The van der Waals surface area contributed by atoms with Crippen molar-refractivity contribution in [3.8, 4) is 0 Å². The third-order valence-corrected chi connectivity index (χ3v) is 7.53. The highest BCUT2D eigenvalue weighted by molar-refractivity contribution is 7.89. The molecule has 1 aromatic rings. The third-order valence-electron chi connectivity index (χ3n) is 5.27. The number of piperidine rings is 1. The fourth-order valence-corrected chi connectivity index (χ4v) is 5.76. The van der Waals surface area contributed by atoms with Crippen LogP contribution in [0.1, 0.15) is 43.9 Å². The Morgan fingerprint density at radius 1 is 1.26 bits per heavy atom. The summed E-state index contributed by atoms with van der Waals surface area (Å²) in [5.41, 5.74) is 2.83. The lowest BCUT2D eigenvalue weighted by atomic mass is 9.85. The molecule has 1 fully saturated rings. The molecule has 1 saturated heterocycles. The monoisotopic (exact) mass is 336 g/mol. The lowest BCUT2D eigenvalue weighted by Gasteiger charge is -2.45.